The van der Waals surface area contributed by atoms with Crippen LogP contribution in [0.15, 0.2) is 0 Å². The number of aromatic nitrogens is 3. The number of H-pyrrole nitrogens is 1. The second-order valence-electron chi connectivity index (χ2n) is 3.44. The van der Waals surface area contributed by atoms with Crippen LogP contribution in [-0.2, 0) is 17.7 Å². The first-order valence-corrected chi connectivity index (χ1v) is 5.08. The number of morpholine rings is 1. The van der Waals surface area contributed by atoms with Crippen LogP contribution in [0.5, 0.6) is 0 Å². The van der Waals surface area contributed by atoms with E-state index in [0.29, 0.717) is 0 Å². The van der Waals surface area contributed by atoms with Gasteiger partial charge >= 0.3 is 0 Å². The molecule has 5 nitrogen and oxygen atoms in total. The zero-order valence-electron chi connectivity index (χ0n) is 8.49. The van der Waals surface area contributed by atoms with Gasteiger partial charge in [-0.25, -0.2) is 4.98 Å². The van der Waals surface area contributed by atoms with E-state index < -0.39 is 0 Å². The zero-order valence-corrected chi connectivity index (χ0v) is 8.49. The number of aryl methyl sites for hydroxylation is 1. The smallest absolute Gasteiger partial charge is 0.150 e. The minimum absolute atomic E-state index is 0.828. The normalized spacial score (nSPS) is 18.6. The Morgan fingerprint density at radius 3 is 2.86 bits per heavy atom. The highest BCUT2D eigenvalue weighted by molar-refractivity contribution is 4.90. The fraction of sp³-hybridized carbons (Fsp3) is 0.778. The van der Waals surface area contributed by atoms with Crippen LogP contribution in [-0.4, -0.2) is 46.4 Å². The summed E-state index contributed by atoms with van der Waals surface area (Å²) in [4.78, 5) is 6.70. The number of nitrogens with zero attached hydrogens (tertiary/aromatic N) is 3. The lowest BCUT2D eigenvalue weighted by Crippen LogP contribution is -2.35. The molecule has 1 fully saturated rings. The number of hydrogen-bond donors (Lipinski definition) is 1. The quantitative estimate of drug-likeness (QED) is 0.750. The Hall–Kier alpha value is -0.940. The molecule has 1 aliphatic heterocycles. The lowest BCUT2D eigenvalue weighted by Gasteiger charge is -2.25. The van der Waals surface area contributed by atoms with Gasteiger partial charge in [0.2, 0.25) is 0 Å². The number of hydrogen-bond acceptors (Lipinski definition) is 4. The molecular formula is C9H16N4O. The van der Waals surface area contributed by atoms with Gasteiger partial charge in [-0.2, -0.15) is 5.10 Å². The molecule has 0 aromatic carbocycles. The standard InChI is InChI=1S/C9H16N4O/c1-2-8-10-9(12-11-8)7-13-3-5-14-6-4-13/h2-7H2,1H3,(H,10,11,12). The Kier molecular flexibility index (Phi) is 3.10. The highest BCUT2D eigenvalue weighted by atomic mass is 16.5. The molecule has 1 N–H and O–H groups in total. The first-order chi connectivity index (χ1) is 6.88. The first-order valence-electron chi connectivity index (χ1n) is 5.08. The minimum Gasteiger partial charge on any atom is -0.379 e. The Bertz CT molecular complexity index is 280. The van der Waals surface area contributed by atoms with Crippen LogP contribution < -0.4 is 0 Å². The van der Waals surface area contributed by atoms with E-state index in [-0.39, 0.29) is 0 Å². The lowest BCUT2D eigenvalue weighted by molar-refractivity contribution is 0.0331. The molecule has 14 heavy (non-hydrogen) atoms. The summed E-state index contributed by atoms with van der Waals surface area (Å²) in [6, 6.07) is 0. The van der Waals surface area contributed by atoms with Crippen molar-refractivity contribution in [3.8, 4) is 0 Å². The van der Waals surface area contributed by atoms with Gasteiger partial charge in [-0.05, 0) is 0 Å². The molecule has 1 saturated heterocycles. The molecule has 5 heteroatoms. The van der Waals surface area contributed by atoms with Gasteiger partial charge in [0.05, 0.1) is 19.8 Å². The highest BCUT2D eigenvalue weighted by Crippen LogP contribution is 2.02. The molecule has 1 aromatic heterocycles. The molecular weight excluding hydrogens is 180 g/mol. The molecule has 0 amide bonds. The number of nitrogens with one attached hydrogen (secondary N) is 1. The number of rotatable bonds is 3. The summed E-state index contributed by atoms with van der Waals surface area (Å²) in [5.74, 6) is 1.86. The molecule has 0 bridgehead atoms. The van der Waals surface area contributed by atoms with E-state index in [4.69, 9.17) is 4.74 Å². The van der Waals surface area contributed by atoms with Crippen molar-refractivity contribution in [1.29, 1.82) is 0 Å². The molecule has 0 aliphatic carbocycles. The maximum atomic E-state index is 5.28. The summed E-state index contributed by atoms with van der Waals surface area (Å²) < 4.78 is 5.28. The van der Waals surface area contributed by atoms with Gasteiger partial charge in [-0.3, -0.25) is 10.00 Å². The van der Waals surface area contributed by atoms with Crippen LogP contribution in [0.25, 0.3) is 0 Å². The first kappa shape index (κ1) is 9.61. The minimum atomic E-state index is 0.828. The highest BCUT2D eigenvalue weighted by Gasteiger charge is 2.12. The van der Waals surface area contributed by atoms with Crippen molar-refractivity contribution >= 4 is 0 Å². The lowest BCUT2D eigenvalue weighted by atomic mass is 10.4. The summed E-state index contributed by atoms with van der Waals surface area (Å²) in [5, 5.41) is 7.07. The molecule has 1 aromatic rings. The van der Waals surface area contributed by atoms with Crippen LogP contribution in [0.3, 0.4) is 0 Å². The van der Waals surface area contributed by atoms with Crippen molar-refractivity contribution in [3.05, 3.63) is 11.6 Å². The monoisotopic (exact) mass is 196 g/mol. The Balaban J connectivity index is 1.89. The maximum absolute atomic E-state index is 5.28. The van der Waals surface area contributed by atoms with Gasteiger partial charge in [0.1, 0.15) is 11.6 Å². The van der Waals surface area contributed by atoms with Gasteiger partial charge in [-0.1, -0.05) is 6.92 Å². The summed E-state index contributed by atoms with van der Waals surface area (Å²) in [6.45, 7) is 6.55. The molecule has 0 unspecified atom stereocenters. The fourth-order valence-corrected chi connectivity index (χ4v) is 1.53. The second kappa shape index (κ2) is 4.52. The Morgan fingerprint density at radius 1 is 1.43 bits per heavy atom. The average Bonchev–Trinajstić information content (AvgIpc) is 2.67. The zero-order chi connectivity index (χ0) is 9.80. The van der Waals surface area contributed by atoms with Crippen molar-refractivity contribution in [2.75, 3.05) is 26.3 Å². The molecule has 0 saturated carbocycles. The van der Waals surface area contributed by atoms with Crippen LogP contribution in [0.4, 0.5) is 0 Å². The van der Waals surface area contributed by atoms with E-state index in [9.17, 15) is 0 Å². The third kappa shape index (κ3) is 2.30. The predicted molar refractivity (Wildman–Crippen MR) is 51.9 cm³/mol. The van der Waals surface area contributed by atoms with Crippen molar-refractivity contribution in [2.24, 2.45) is 0 Å². The van der Waals surface area contributed by atoms with Gasteiger partial charge in [0.25, 0.3) is 0 Å². The predicted octanol–water partition coefficient (Wildman–Crippen LogP) is 0.199. The molecule has 1 aliphatic rings. The van der Waals surface area contributed by atoms with Crippen molar-refractivity contribution in [1.82, 2.24) is 20.1 Å². The largest absolute Gasteiger partial charge is 0.379 e. The van der Waals surface area contributed by atoms with Crippen molar-refractivity contribution < 1.29 is 4.74 Å². The summed E-state index contributed by atoms with van der Waals surface area (Å²) >= 11 is 0. The van der Waals surface area contributed by atoms with Gasteiger partial charge in [0, 0.05) is 19.5 Å². The molecule has 0 radical (unpaired) electrons. The van der Waals surface area contributed by atoms with E-state index in [1.165, 1.54) is 0 Å². The number of ether oxygens (including phenoxy) is 1. The third-order valence-corrected chi connectivity index (χ3v) is 2.37. The van der Waals surface area contributed by atoms with Crippen LogP contribution in [0.2, 0.25) is 0 Å². The van der Waals surface area contributed by atoms with Crippen molar-refractivity contribution in [2.45, 2.75) is 19.9 Å². The van der Waals surface area contributed by atoms with E-state index in [2.05, 4.69) is 27.0 Å². The molecule has 0 spiro atoms. The molecule has 78 valence electrons. The SMILES string of the molecule is CCc1n[nH]c(CN2CCOCC2)n1. The number of aromatic amines is 1. The molecule has 0 atom stereocenters. The van der Waals surface area contributed by atoms with Crippen LogP contribution in [0, 0.1) is 0 Å². The van der Waals surface area contributed by atoms with E-state index in [0.717, 1.165) is 50.9 Å². The Morgan fingerprint density at radius 2 is 2.21 bits per heavy atom. The second-order valence-corrected chi connectivity index (χ2v) is 3.44. The van der Waals surface area contributed by atoms with E-state index in [1.54, 1.807) is 0 Å². The van der Waals surface area contributed by atoms with E-state index >= 15 is 0 Å². The Labute approximate surface area is 83.5 Å². The molecule has 2 rings (SSSR count). The van der Waals surface area contributed by atoms with E-state index in [1.807, 2.05) is 0 Å². The average molecular weight is 196 g/mol. The van der Waals surface area contributed by atoms with Gasteiger partial charge in [0.15, 0.2) is 0 Å². The summed E-state index contributed by atoms with van der Waals surface area (Å²) in [7, 11) is 0. The van der Waals surface area contributed by atoms with Crippen LogP contribution in [0.1, 0.15) is 18.6 Å². The summed E-state index contributed by atoms with van der Waals surface area (Å²) in [6.07, 6.45) is 0.889. The van der Waals surface area contributed by atoms with Crippen molar-refractivity contribution in [3.63, 3.8) is 0 Å². The maximum Gasteiger partial charge on any atom is 0.150 e. The molecule has 2 heterocycles. The third-order valence-electron chi connectivity index (χ3n) is 2.37. The fourth-order valence-electron chi connectivity index (χ4n) is 1.53. The van der Waals surface area contributed by atoms with Gasteiger partial charge in [-0.15, -0.1) is 0 Å². The van der Waals surface area contributed by atoms with Crippen LogP contribution >= 0.6 is 0 Å². The topological polar surface area (TPSA) is 54.0 Å². The van der Waals surface area contributed by atoms with Gasteiger partial charge < -0.3 is 4.74 Å². The summed E-state index contributed by atoms with van der Waals surface area (Å²) in [5.41, 5.74) is 0.